The molecule has 4 heteroatoms. The maximum Gasteiger partial charge on any atom is 0.155 e. The molecule has 0 radical (unpaired) electrons. The number of hydrogen-bond acceptors (Lipinski definition) is 2. The van der Waals surface area contributed by atoms with Crippen molar-refractivity contribution in [1.82, 2.24) is 9.38 Å². The van der Waals surface area contributed by atoms with Crippen LogP contribution in [-0.4, -0.2) is 9.38 Å². The Morgan fingerprint density at radius 2 is 2.27 bits per heavy atom. The lowest BCUT2D eigenvalue weighted by molar-refractivity contribution is 0.619. The van der Waals surface area contributed by atoms with E-state index < -0.39 is 0 Å². The molecule has 80 valence electrons. The standard InChI is InChI=1S/C11H14ClN3/c1-7(2)5-10-14-11(12)9-6-8(13)3-4-15(9)10/h3-4,6-7H,5,13H2,1-2H3. The van der Waals surface area contributed by atoms with Crippen molar-refractivity contribution in [2.45, 2.75) is 20.3 Å². The number of anilines is 1. The molecule has 2 aromatic rings. The van der Waals surface area contributed by atoms with Crippen LogP contribution in [0.1, 0.15) is 19.7 Å². The topological polar surface area (TPSA) is 43.3 Å². The third kappa shape index (κ3) is 1.92. The van der Waals surface area contributed by atoms with Crippen molar-refractivity contribution < 1.29 is 0 Å². The van der Waals surface area contributed by atoms with Gasteiger partial charge in [-0.2, -0.15) is 0 Å². The van der Waals surface area contributed by atoms with Crippen molar-refractivity contribution in [3.8, 4) is 0 Å². The SMILES string of the molecule is CC(C)Cc1nc(Cl)c2cc(N)ccn12. The van der Waals surface area contributed by atoms with E-state index in [9.17, 15) is 0 Å². The van der Waals surface area contributed by atoms with E-state index in [0.717, 1.165) is 17.8 Å². The number of pyridine rings is 1. The molecule has 2 N–H and O–H groups in total. The highest BCUT2D eigenvalue weighted by molar-refractivity contribution is 6.32. The fraction of sp³-hybridized carbons (Fsp3) is 0.364. The number of fused-ring (bicyclic) bond motifs is 1. The van der Waals surface area contributed by atoms with Crippen LogP contribution in [0.4, 0.5) is 5.69 Å². The molecule has 0 atom stereocenters. The number of imidazole rings is 1. The van der Waals surface area contributed by atoms with Crippen LogP contribution in [0.2, 0.25) is 5.15 Å². The number of nitrogens with two attached hydrogens (primary N) is 1. The number of hydrogen-bond donors (Lipinski definition) is 1. The zero-order chi connectivity index (χ0) is 11.0. The third-order valence-electron chi connectivity index (χ3n) is 2.29. The number of rotatable bonds is 2. The van der Waals surface area contributed by atoms with Crippen molar-refractivity contribution in [3.05, 3.63) is 29.3 Å². The second-order valence-corrected chi connectivity index (χ2v) is 4.49. The molecule has 0 aliphatic rings. The summed E-state index contributed by atoms with van der Waals surface area (Å²) in [7, 11) is 0. The summed E-state index contributed by atoms with van der Waals surface area (Å²) in [6, 6.07) is 3.70. The molecular formula is C11H14ClN3. The van der Waals surface area contributed by atoms with E-state index in [1.807, 2.05) is 22.7 Å². The smallest absolute Gasteiger partial charge is 0.155 e. The lowest BCUT2D eigenvalue weighted by atomic mass is 10.1. The second-order valence-electron chi connectivity index (χ2n) is 4.13. The minimum Gasteiger partial charge on any atom is -0.399 e. The molecular weight excluding hydrogens is 210 g/mol. The fourth-order valence-electron chi connectivity index (χ4n) is 1.63. The molecule has 0 unspecified atom stereocenters. The van der Waals surface area contributed by atoms with E-state index in [4.69, 9.17) is 17.3 Å². The molecule has 2 heterocycles. The van der Waals surface area contributed by atoms with Crippen LogP contribution in [0.25, 0.3) is 5.52 Å². The molecule has 0 amide bonds. The molecule has 0 saturated heterocycles. The van der Waals surface area contributed by atoms with Gasteiger partial charge in [-0.3, -0.25) is 0 Å². The van der Waals surface area contributed by atoms with Crippen molar-refractivity contribution in [2.24, 2.45) is 5.92 Å². The van der Waals surface area contributed by atoms with Gasteiger partial charge >= 0.3 is 0 Å². The first kappa shape index (κ1) is 10.3. The van der Waals surface area contributed by atoms with E-state index in [-0.39, 0.29) is 0 Å². The first-order valence-corrected chi connectivity index (χ1v) is 5.37. The largest absolute Gasteiger partial charge is 0.399 e. The zero-order valence-corrected chi connectivity index (χ0v) is 9.62. The Labute approximate surface area is 93.9 Å². The highest BCUT2D eigenvalue weighted by atomic mass is 35.5. The first-order chi connectivity index (χ1) is 7.08. The van der Waals surface area contributed by atoms with E-state index >= 15 is 0 Å². The predicted molar refractivity (Wildman–Crippen MR) is 63.2 cm³/mol. The van der Waals surface area contributed by atoms with Gasteiger partial charge in [-0.1, -0.05) is 25.4 Å². The molecule has 0 aliphatic carbocycles. The molecule has 0 fully saturated rings. The van der Waals surface area contributed by atoms with Gasteiger partial charge in [0.05, 0.1) is 5.52 Å². The van der Waals surface area contributed by atoms with Crippen molar-refractivity contribution >= 4 is 22.8 Å². The average Bonchev–Trinajstić information content (AvgIpc) is 2.42. The normalized spacial score (nSPS) is 11.5. The summed E-state index contributed by atoms with van der Waals surface area (Å²) in [4.78, 5) is 4.34. The molecule has 0 spiro atoms. The molecule has 0 bridgehead atoms. The van der Waals surface area contributed by atoms with Crippen LogP contribution >= 0.6 is 11.6 Å². The second kappa shape index (κ2) is 3.74. The Balaban J connectivity index is 2.57. The highest BCUT2D eigenvalue weighted by Crippen LogP contribution is 2.21. The van der Waals surface area contributed by atoms with Gasteiger partial charge < -0.3 is 10.1 Å². The highest BCUT2D eigenvalue weighted by Gasteiger charge is 2.10. The Bertz CT molecular complexity index is 488. The molecule has 0 aromatic carbocycles. The zero-order valence-electron chi connectivity index (χ0n) is 8.87. The Morgan fingerprint density at radius 1 is 1.53 bits per heavy atom. The van der Waals surface area contributed by atoms with Crippen molar-refractivity contribution in [2.75, 3.05) is 5.73 Å². The van der Waals surface area contributed by atoms with Gasteiger partial charge in [0.15, 0.2) is 5.15 Å². The Morgan fingerprint density at radius 3 is 2.93 bits per heavy atom. The number of halogens is 1. The summed E-state index contributed by atoms with van der Waals surface area (Å²) in [5.74, 6) is 1.55. The number of aromatic nitrogens is 2. The lowest BCUT2D eigenvalue weighted by Gasteiger charge is -2.03. The summed E-state index contributed by atoms with van der Waals surface area (Å²) in [5, 5.41) is 0.526. The van der Waals surface area contributed by atoms with E-state index in [1.165, 1.54) is 0 Å². The van der Waals surface area contributed by atoms with Crippen LogP contribution in [-0.2, 0) is 6.42 Å². The van der Waals surface area contributed by atoms with Crippen molar-refractivity contribution in [1.29, 1.82) is 0 Å². The summed E-state index contributed by atoms with van der Waals surface area (Å²) in [6.45, 7) is 4.32. The van der Waals surface area contributed by atoms with Crippen LogP contribution in [0.15, 0.2) is 18.3 Å². The molecule has 15 heavy (non-hydrogen) atoms. The number of nitrogen functional groups attached to an aromatic ring is 1. The van der Waals surface area contributed by atoms with Gasteiger partial charge in [-0.15, -0.1) is 0 Å². The van der Waals surface area contributed by atoms with Crippen molar-refractivity contribution in [3.63, 3.8) is 0 Å². The van der Waals surface area contributed by atoms with Gasteiger partial charge in [0.1, 0.15) is 5.82 Å². The Hall–Kier alpha value is -1.22. The summed E-state index contributed by atoms with van der Waals surface area (Å²) in [6.07, 6.45) is 2.83. The first-order valence-electron chi connectivity index (χ1n) is 5.00. The fourth-order valence-corrected chi connectivity index (χ4v) is 1.88. The van der Waals surface area contributed by atoms with E-state index in [1.54, 1.807) is 0 Å². The summed E-state index contributed by atoms with van der Waals surface area (Å²) in [5.41, 5.74) is 7.29. The quantitative estimate of drug-likeness (QED) is 0.851. The molecule has 3 nitrogen and oxygen atoms in total. The van der Waals surface area contributed by atoms with Gasteiger partial charge in [-0.25, -0.2) is 4.98 Å². The monoisotopic (exact) mass is 223 g/mol. The lowest BCUT2D eigenvalue weighted by Crippen LogP contribution is -2.00. The minimum atomic E-state index is 0.526. The summed E-state index contributed by atoms with van der Waals surface area (Å²) < 4.78 is 2.00. The van der Waals surface area contributed by atoms with Crippen LogP contribution < -0.4 is 5.73 Å². The summed E-state index contributed by atoms with van der Waals surface area (Å²) >= 11 is 6.05. The average molecular weight is 224 g/mol. The van der Waals surface area contributed by atoms with Gasteiger partial charge in [0.25, 0.3) is 0 Å². The molecule has 0 saturated carbocycles. The maximum absolute atomic E-state index is 6.05. The van der Waals surface area contributed by atoms with Gasteiger partial charge in [0, 0.05) is 18.3 Å². The predicted octanol–water partition coefficient (Wildman–Crippen LogP) is 2.77. The van der Waals surface area contributed by atoms with E-state index in [2.05, 4.69) is 18.8 Å². The minimum absolute atomic E-state index is 0.526. The van der Waals surface area contributed by atoms with Crippen LogP contribution in [0, 0.1) is 5.92 Å². The molecule has 0 aliphatic heterocycles. The maximum atomic E-state index is 6.05. The van der Waals surface area contributed by atoms with Gasteiger partial charge in [0.2, 0.25) is 0 Å². The van der Waals surface area contributed by atoms with Gasteiger partial charge in [-0.05, 0) is 18.1 Å². The van der Waals surface area contributed by atoms with E-state index in [0.29, 0.717) is 16.8 Å². The Kier molecular flexibility index (Phi) is 2.57. The molecule has 2 rings (SSSR count). The molecule has 2 aromatic heterocycles. The third-order valence-corrected chi connectivity index (χ3v) is 2.56. The van der Waals surface area contributed by atoms with Crippen LogP contribution in [0.5, 0.6) is 0 Å². The van der Waals surface area contributed by atoms with Crippen LogP contribution in [0.3, 0.4) is 0 Å². The number of nitrogens with zero attached hydrogens (tertiary/aromatic N) is 2.